The molecular weight excluding hydrogens is 312 g/mol. The average Bonchev–Trinajstić information content (AvgIpc) is 3.41. The maximum absolute atomic E-state index is 4.63. The van der Waals surface area contributed by atoms with Gasteiger partial charge >= 0.3 is 0 Å². The molecule has 2 N–H and O–H groups in total. The summed E-state index contributed by atoms with van der Waals surface area (Å²) >= 11 is 0. The molecular formula is C19H18N6. The van der Waals surface area contributed by atoms with Crippen LogP contribution in [-0.4, -0.2) is 31.0 Å². The second kappa shape index (κ2) is 5.51. The second-order valence-corrected chi connectivity index (χ2v) is 6.69. The summed E-state index contributed by atoms with van der Waals surface area (Å²) < 4.78 is 0. The fourth-order valence-corrected chi connectivity index (χ4v) is 3.26. The van der Waals surface area contributed by atoms with E-state index in [0.717, 1.165) is 39.1 Å². The van der Waals surface area contributed by atoms with Crippen molar-refractivity contribution in [2.75, 3.05) is 5.32 Å². The van der Waals surface area contributed by atoms with E-state index in [1.54, 1.807) is 12.4 Å². The summed E-state index contributed by atoms with van der Waals surface area (Å²) in [5.41, 5.74) is 4.77. The highest BCUT2D eigenvalue weighted by Crippen LogP contribution is 2.34. The monoisotopic (exact) mass is 330 g/mol. The first-order chi connectivity index (χ1) is 12.3. The summed E-state index contributed by atoms with van der Waals surface area (Å²) in [6.45, 7) is 2.20. The quantitative estimate of drug-likeness (QED) is 0.595. The fourth-order valence-electron chi connectivity index (χ4n) is 3.26. The molecule has 0 radical (unpaired) electrons. The van der Waals surface area contributed by atoms with Crippen LogP contribution in [0.3, 0.4) is 0 Å². The molecule has 0 unspecified atom stereocenters. The van der Waals surface area contributed by atoms with Crippen LogP contribution in [0.25, 0.3) is 33.2 Å². The van der Waals surface area contributed by atoms with Gasteiger partial charge in [-0.05, 0) is 43.4 Å². The van der Waals surface area contributed by atoms with Gasteiger partial charge in [0.05, 0.1) is 11.0 Å². The van der Waals surface area contributed by atoms with Crippen molar-refractivity contribution in [2.45, 2.75) is 25.8 Å². The summed E-state index contributed by atoms with van der Waals surface area (Å²) in [7, 11) is 0. The number of aromatic nitrogens is 5. The van der Waals surface area contributed by atoms with E-state index in [4.69, 9.17) is 0 Å². The molecule has 4 aromatic rings. The Morgan fingerprint density at radius 3 is 2.80 bits per heavy atom. The molecule has 3 heterocycles. The number of nitrogens with zero attached hydrogens (tertiary/aromatic N) is 4. The van der Waals surface area contributed by atoms with Crippen LogP contribution in [-0.2, 0) is 0 Å². The first-order valence-corrected chi connectivity index (χ1v) is 8.60. The first kappa shape index (κ1) is 14.3. The fraction of sp³-hybridized carbons (Fsp3) is 0.263. The van der Waals surface area contributed by atoms with E-state index in [2.05, 4.69) is 43.2 Å². The third kappa shape index (κ3) is 2.59. The van der Waals surface area contributed by atoms with Gasteiger partial charge in [-0.25, -0.2) is 4.98 Å². The lowest BCUT2D eigenvalue weighted by Gasteiger charge is -2.12. The van der Waals surface area contributed by atoms with Crippen LogP contribution in [0.4, 0.5) is 5.95 Å². The van der Waals surface area contributed by atoms with Crippen molar-refractivity contribution in [1.82, 2.24) is 24.9 Å². The minimum atomic E-state index is 0.422. The molecule has 0 saturated heterocycles. The molecule has 1 aliphatic rings. The van der Waals surface area contributed by atoms with Gasteiger partial charge in [0.2, 0.25) is 5.95 Å². The SMILES string of the molecule is C[C@@H](Nc1ncc2c(-c3ccc4nccnc4c3)c[nH]c2n1)C1CC1. The van der Waals surface area contributed by atoms with Gasteiger partial charge in [-0.1, -0.05) is 6.07 Å². The van der Waals surface area contributed by atoms with Crippen molar-refractivity contribution in [3.8, 4) is 11.1 Å². The molecule has 6 nitrogen and oxygen atoms in total. The first-order valence-electron chi connectivity index (χ1n) is 8.60. The molecule has 1 fully saturated rings. The van der Waals surface area contributed by atoms with Crippen LogP contribution in [0.15, 0.2) is 43.0 Å². The molecule has 1 atom stereocenters. The van der Waals surface area contributed by atoms with Crippen LogP contribution < -0.4 is 5.32 Å². The van der Waals surface area contributed by atoms with E-state index in [1.807, 2.05) is 24.5 Å². The molecule has 3 aromatic heterocycles. The number of hydrogen-bond acceptors (Lipinski definition) is 5. The van der Waals surface area contributed by atoms with Gasteiger partial charge in [-0.3, -0.25) is 9.97 Å². The lowest BCUT2D eigenvalue weighted by atomic mass is 10.1. The van der Waals surface area contributed by atoms with Crippen LogP contribution >= 0.6 is 0 Å². The van der Waals surface area contributed by atoms with E-state index in [9.17, 15) is 0 Å². The van der Waals surface area contributed by atoms with Gasteiger partial charge in [-0.15, -0.1) is 0 Å². The molecule has 1 aromatic carbocycles. The van der Waals surface area contributed by atoms with Gasteiger partial charge < -0.3 is 10.3 Å². The van der Waals surface area contributed by atoms with Crippen LogP contribution in [0.1, 0.15) is 19.8 Å². The highest BCUT2D eigenvalue weighted by atomic mass is 15.1. The Balaban J connectivity index is 1.52. The van der Waals surface area contributed by atoms with E-state index in [0.29, 0.717) is 12.0 Å². The van der Waals surface area contributed by atoms with E-state index < -0.39 is 0 Å². The number of aromatic amines is 1. The maximum Gasteiger partial charge on any atom is 0.224 e. The Labute approximate surface area is 144 Å². The Bertz CT molecular complexity index is 1070. The molecule has 0 spiro atoms. The Kier molecular flexibility index (Phi) is 3.16. The summed E-state index contributed by atoms with van der Waals surface area (Å²) in [5.74, 6) is 1.45. The normalized spacial score (nSPS) is 15.6. The van der Waals surface area contributed by atoms with Gasteiger partial charge in [0.1, 0.15) is 5.65 Å². The summed E-state index contributed by atoms with van der Waals surface area (Å²) in [4.78, 5) is 21.1. The van der Waals surface area contributed by atoms with E-state index in [1.165, 1.54) is 12.8 Å². The van der Waals surface area contributed by atoms with E-state index in [-0.39, 0.29) is 0 Å². The number of anilines is 1. The van der Waals surface area contributed by atoms with Crippen LogP contribution in [0.5, 0.6) is 0 Å². The average molecular weight is 330 g/mol. The van der Waals surface area contributed by atoms with Crippen molar-refractivity contribution in [3.05, 3.63) is 43.0 Å². The molecule has 5 rings (SSSR count). The Hall–Kier alpha value is -3.02. The number of rotatable bonds is 4. The van der Waals surface area contributed by atoms with Crippen molar-refractivity contribution < 1.29 is 0 Å². The Morgan fingerprint density at radius 2 is 1.96 bits per heavy atom. The third-order valence-corrected chi connectivity index (χ3v) is 4.90. The molecule has 0 aliphatic heterocycles. The minimum absolute atomic E-state index is 0.422. The van der Waals surface area contributed by atoms with Gasteiger partial charge in [0, 0.05) is 41.8 Å². The molecule has 1 aliphatic carbocycles. The lowest BCUT2D eigenvalue weighted by molar-refractivity contribution is 0.687. The lowest BCUT2D eigenvalue weighted by Crippen LogP contribution is -2.18. The number of fused-ring (bicyclic) bond motifs is 2. The summed E-state index contributed by atoms with van der Waals surface area (Å²) in [6, 6.07) is 6.52. The third-order valence-electron chi connectivity index (χ3n) is 4.90. The van der Waals surface area contributed by atoms with Crippen molar-refractivity contribution in [1.29, 1.82) is 0 Å². The molecule has 1 saturated carbocycles. The van der Waals surface area contributed by atoms with Crippen LogP contribution in [0.2, 0.25) is 0 Å². The van der Waals surface area contributed by atoms with Crippen LogP contribution in [0, 0.1) is 5.92 Å². The zero-order valence-corrected chi connectivity index (χ0v) is 13.9. The molecule has 0 amide bonds. The second-order valence-electron chi connectivity index (χ2n) is 6.69. The number of H-pyrrole nitrogens is 1. The van der Waals surface area contributed by atoms with Crippen molar-refractivity contribution in [2.24, 2.45) is 5.92 Å². The van der Waals surface area contributed by atoms with Crippen molar-refractivity contribution in [3.63, 3.8) is 0 Å². The molecule has 124 valence electrons. The molecule has 0 bridgehead atoms. The summed E-state index contributed by atoms with van der Waals surface area (Å²) in [5, 5.41) is 4.42. The standard InChI is InChI=1S/C19H18N6/c1-11(12-2-3-12)24-19-23-10-15-14(9-22-18(15)25-19)13-4-5-16-17(8-13)21-7-6-20-16/h4-12H,2-3H2,1H3,(H2,22,23,24,25)/t11-/m1/s1. The van der Waals surface area contributed by atoms with Crippen molar-refractivity contribution >= 4 is 28.0 Å². The van der Waals surface area contributed by atoms with Gasteiger partial charge in [0.15, 0.2) is 0 Å². The zero-order chi connectivity index (χ0) is 16.8. The smallest absolute Gasteiger partial charge is 0.224 e. The Morgan fingerprint density at radius 1 is 1.12 bits per heavy atom. The predicted molar refractivity (Wildman–Crippen MR) is 98.2 cm³/mol. The molecule has 6 heteroatoms. The highest BCUT2D eigenvalue weighted by Gasteiger charge is 2.28. The van der Waals surface area contributed by atoms with Gasteiger partial charge in [-0.2, -0.15) is 4.98 Å². The largest absolute Gasteiger partial charge is 0.351 e. The maximum atomic E-state index is 4.63. The molecule has 25 heavy (non-hydrogen) atoms. The number of nitrogens with one attached hydrogen (secondary N) is 2. The minimum Gasteiger partial charge on any atom is -0.351 e. The summed E-state index contributed by atoms with van der Waals surface area (Å²) in [6.07, 6.45) is 9.88. The van der Waals surface area contributed by atoms with E-state index >= 15 is 0 Å². The number of hydrogen-bond donors (Lipinski definition) is 2. The van der Waals surface area contributed by atoms with Gasteiger partial charge in [0.25, 0.3) is 0 Å². The zero-order valence-electron chi connectivity index (χ0n) is 13.9. The number of benzene rings is 1. The topological polar surface area (TPSA) is 79.4 Å². The predicted octanol–water partition coefficient (Wildman–Crippen LogP) is 3.78. The highest BCUT2D eigenvalue weighted by molar-refractivity contribution is 5.95.